The highest BCUT2D eigenvalue weighted by Gasteiger charge is 2.50. The summed E-state index contributed by atoms with van der Waals surface area (Å²) in [5.74, 6) is -16.1. The zero-order valence-electron chi connectivity index (χ0n) is 58.2. The molecular weight excluding hydrogens is 1390 g/mol. The lowest BCUT2D eigenvalue weighted by molar-refractivity contribution is -0.259. The highest BCUT2D eigenvalue weighted by atomic mass is 32.2. The molecule has 37 nitrogen and oxygen atoms in total. The molecule has 0 spiro atoms. The number of esters is 3. The average molecular weight is 1480 g/mol. The van der Waals surface area contributed by atoms with Crippen molar-refractivity contribution >= 4 is 105 Å². The summed E-state index contributed by atoms with van der Waals surface area (Å²) >= 11 is -2.47. The number of nitrogens with one attached hydrogen (secondary N) is 8. The molecule has 2 aromatic carbocycles. The summed E-state index contributed by atoms with van der Waals surface area (Å²) in [6.07, 6.45) is -8.86. The second-order valence-electron chi connectivity index (χ2n) is 25.6. The van der Waals surface area contributed by atoms with Crippen LogP contribution in [0.25, 0.3) is 10.9 Å². The highest BCUT2D eigenvalue weighted by Crippen LogP contribution is 2.33. The van der Waals surface area contributed by atoms with Crippen molar-refractivity contribution < 1.29 is 125 Å². The molecule has 5 heterocycles. The molecule has 38 heteroatoms. The number of hydrogen-bond donors (Lipinski definition) is 13. The molecule has 1 aromatic heterocycles. The number of aliphatic hydroxyl groups is 3. The minimum Gasteiger partial charge on any atom is -0.610 e. The molecule has 10 amide bonds. The van der Waals surface area contributed by atoms with Gasteiger partial charge in [0.25, 0.3) is 0 Å². The topological polar surface area (TPSA) is 540 Å². The second-order valence-corrected chi connectivity index (χ2v) is 27.0. The molecule has 7 rings (SSSR count). The van der Waals surface area contributed by atoms with Crippen molar-refractivity contribution in [2.45, 2.75) is 178 Å². The van der Waals surface area contributed by atoms with Crippen LogP contribution in [-0.4, -0.2) is 255 Å². The van der Waals surface area contributed by atoms with Gasteiger partial charge in [0.15, 0.2) is 18.2 Å². The number of rotatable bonds is 23. The van der Waals surface area contributed by atoms with E-state index in [-0.39, 0.29) is 64.9 Å². The third kappa shape index (κ3) is 22.1. The first-order valence-corrected chi connectivity index (χ1v) is 34.9. The zero-order chi connectivity index (χ0) is 76.4. The maximum Gasteiger partial charge on any atom is 0.409 e. The Labute approximate surface area is 598 Å². The molecule has 0 saturated carbocycles. The molecule has 0 aliphatic carbocycles. The van der Waals surface area contributed by atoms with Crippen LogP contribution >= 0.6 is 0 Å². The summed E-state index contributed by atoms with van der Waals surface area (Å²) in [5.41, 5.74) is 5.72. The summed E-state index contributed by atoms with van der Waals surface area (Å²) in [5, 5.41) is 59.4. The van der Waals surface area contributed by atoms with Crippen molar-refractivity contribution in [2.24, 2.45) is 17.6 Å². The van der Waals surface area contributed by atoms with Crippen LogP contribution in [0.15, 0.2) is 41.4 Å². The molecule has 4 aliphatic rings. The first-order chi connectivity index (χ1) is 49.3. The maximum atomic E-state index is 15.2. The Balaban J connectivity index is 1.09. The first-order valence-electron chi connectivity index (χ1n) is 33.6. The second kappa shape index (κ2) is 37.5. The fourth-order valence-corrected chi connectivity index (χ4v) is 13.4. The summed E-state index contributed by atoms with van der Waals surface area (Å²) in [6, 6.07) is -1.81. The Morgan fingerprint density at radius 3 is 2.12 bits per heavy atom. The van der Waals surface area contributed by atoms with E-state index in [0.717, 1.165) is 25.7 Å². The van der Waals surface area contributed by atoms with Crippen molar-refractivity contribution in [1.82, 2.24) is 52.0 Å². The highest BCUT2D eigenvalue weighted by molar-refractivity contribution is 7.91. The lowest BCUT2D eigenvalue weighted by Gasteiger charge is -2.40. The normalized spacial score (nSPS) is 25.4. The van der Waals surface area contributed by atoms with Crippen molar-refractivity contribution in [1.29, 1.82) is 0 Å². The lowest BCUT2D eigenvalue weighted by atomic mass is 9.93. The standard InChI is InChI=1S/C66H89N11O26S/c1-8-31(2)53-60(90)69-24-51(85)70-45-30-104(96)62-40(22-43(57(87)68-25-52(86)74-53)71-61(91)54(32(3)47(83)27-78)75-59(89)46-20-37(82)26-77(46)63(92)44(23-50(67)84)72-58(45)88)39-15-14-38(21-42(39)73-62)97-18-12-10-9-11-17-76(7)66(95)99-28-36-13-16-48(41(19-36)64(93)94)103-65-56(102-35(6)81)55(101-34(5)80)49(29-98-65)100-33(4)79/h13-16,19,21,31-32,37,43-47,49,53-56,65,73,78,82-83H,8-12,17-18,20,22-30H2,1-7H3,(H2,67,84)(H,68,87)(H,69,90)(H,70,85)(H,71,91)(H,72,88)(H,74,86)(H,75,89)(H,93,94)/t31-,32-,37+,43-,44-,45-,46-,47-,49+,53-,54-,55-,56+,65-,104?/m0/s1. The van der Waals surface area contributed by atoms with Crippen LogP contribution in [-0.2, 0) is 105 Å². The molecule has 14 N–H and O–H groups in total. The van der Waals surface area contributed by atoms with E-state index in [1.165, 1.54) is 43.1 Å². The molecular formula is C66H89N11O26S. The van der Waals surface area contributed by atoms with Gasteiger partial charge in [-0.2, -0.15) is 0 Å². The lowest BCUT2D eigenvalue weighted by Crippen LogP contribution is -2.62. The number of aliphatic hydroxyl groups excluding tert-OH is 3. The molecule has 104 heavy (non-hydrogen) atoms. The third-order valence-corrected chi connectivity index (χ3v) is 19.1. The largest absolute Gasteiger partial charge is 0.610 e. The van der Waals surface area contributed by atoms with Crippen molar-refractivity contribution in [3.05, 3.63) is 53.1 Å². The number of nitrogens with two attached hydrogens (primary N) is 1. The molecule has 0 radical (unpaired) electrons. The number of carboxylic acid groups (broad SMARTS) is 1. The van der Waals surface area contributed by atoms with Crippen molar-refractivity contribution in [3.63, 3.8) is 0 Å². The van der Waals surface area contributed by atoms with Crippen molar-refractivity contribution in [3.8, 4) is 11.5 Å². The maximum absolute atomic E-state index is 15.2. The van der Waals surface area contributed by atoms with Gasteiger partial charge in [0.05, 0.1) is 57.1 Å². The number of H-pyrrole nitrogens is 1. The Kier molecular flexibility index (Phi) is 29.4. The van der Waals surface area contributed by atoms with Gasteiger partial charge in [-0.3, -0.25) is 57.5 Å². The number of hydrogen-bond acceptors (Lipinski definition) is 25. The van der Waals surface area contributed by atoms with Crippen molar-refractivity contribution in [2.75, 3.05) is 58.8 Å². The summed E-state index contributed by atoms with van der Waals surface area (Å²) in [4.78, 5) is 194. The number of nitrogens with zero attached hydrogens (tertiary/aromatic N) is 2. The number of aromatic amines is 1. The van der Waals surface area contributed by atoms with Crippen LogP contribution in [0.1, 0.15) is 108 Å². The molecule has 2 bridgehead atoms. The Morgan fingerprint density at radius 2 is 1.46 bits per heavy atom. The number of fused-ring (bicyclic) bond motifs is 5. The van der Waals surface area contributed by atoms with E-state index in [9.17, 15) is 87.5 Å². The van der Waals surface area contributed by atoms with Crippen LogP contribution in [0.4, 0.5) is 4.79 Å². The number of unbranched alkanes of at least 4 members (excludes halogenated alkanes) is 3. The van der Waals surface area contributed by atoms with Gasteiger partial charge < -0.3 is 116 Å². The van der Waals surface area contributed by atoms with Gasteiger partial charge in [0.1, 0.15) is 59.6 Å². The number of ether oxygens (including phenoxy) is 7. The average Bonchev–Trinajstić information content (AvgIpc) is 1.47. The summed E-state index contributed by atoms with van der Waals surface area (Å²) in [7, 11) is 1.51. The summed E-state index contributed by atoms with van der Waals surface area (Å²) in [6.45, 7) is 4.44. The number of aromatic nitrogens is 1. The summed E-state index contributed by atoms with van der Waals surface area (Å²) < 4.78 is 54.2. The van der Waals surface area contributed by atoms with Gasteiger partial charge in [-0.05, 0) is 48.6 Å². The molecule has 1 unspecified atom stereocenters. The fourth-order valence-electron chi connectivity index (χ4n) is 12.0. The Morgan fingerprint density at radius 1 is 0.788 bits per heavy atom. The quantitative estimate of drug-likeness (QED) is 0.0193. The van der Waals surface area contributed by atoms with Crippen LogP contribution in [0, 0.1) is 11.8 Å². The number of primary amides is 1. The number of carbonyl (C=O) groups is 14. The molecule has 2 saturated heterocycles. The number of carbonyl (C=O) groups excluding carboxylic acids is 13. The minimum absolute atomic E-state index is 0.0649. The van der Waals surface area contributed by atoms with Gasteiger partial charge in [-0.25, -0.2) is 9.59 Å². The predicted octanol–water partition coefficient (Wildman–Crippen LogP) is -3.19. The van der Waals surface area contributed by atoms with E-state index >= 15 is 4.55 Å². The monoisotopic (exact) mass is 1480 g/mol. The van der Waals surface area contributed by atoms with Gasteiger partial charge in [0, 0.05) is 87.9 Å². The number of carboxylic acids is 1. The number of aromatic carboxylic acids is 1. The Hall–Kier alpha value is -9.89. The van der Waals surface area contributed by atoms with E-state index in [4.69, 9.17) is 38.9 Å². The van der Waals surface area contributed by atoms with E-state index in [0.29, 0.717) is 32.1 Å². The van der Waals surface area contributed by atoms with E-state index < -0.39 is 236 Å². The zero-order valence-corrected chi connectivity index (χ0v) is 59.0. The van der Waals surface area contributed by atoms with Crippen LogP contribution in [0.2, 0.25) is 0 Å². The minimum atomic E-state index is -2.47. The van der Waals surface area contributed by atoms with E-state index in [2.05, 4.69) is 42.2 Å². The fraction of sp³-hybridized carbons (Fsp3) is 0.576. The molecule has 3 aromatic rings. The first kappa shape index (κ1) is 81.4. The number of amides is 10. The van der Waals surface area contributed by atoms with Crippen LogP contribution < -0.4 is 52.4 Å². The SMILES string of the molecule is CC[C@H](C)[C@@H]1NC(=O)CNC(=O)[C@@H]2Cc3c([nH]c4cc(OCCCCCCN(C)C(=O)OCc5ccc(O[C@@H]6OC[C@@H](OC(C)=O)[C@H](OC(C)=O)[C@H]6OC(C)=O)c(C(=O)O)c5)ccc34)[S+]([O-])C[C@H](NC(=O)CNC1=O)C(=O)N[C@@H](CC(N)=O)C(=O)N1C[C@H](O)C[C@H]1C(=O)N[C@@H]([C@@H](C)[C@@H](O)CO)C(=O)N2. The van der Waals surface area contributed by atoms with E-state index in [1.807, 2.05) is 0 Å². The third-order valence-electron chi connectivity index (χ3n) is 17.7. The van der Waals surface area contributed by atoms with Gasteiger partial charge in [-0.15, -0.1) is 0 Å². The smallest absolute Gasteiger partial charge is 0.409 e. The predicted molar refractivity (Wildman–Crippen MR) is 358 cm³/mol. The van der Waals surface area contributed by atoms with E-state index in [1.54, 1.807) is 26.0 Å². The molecule has 15 atom stereocenters. The Bertz CT molecular complexity index is 3690. The van der Waals surface area contributed by atoms with Gasteiger partial charge in [0.2, 0.25) is 70.6 Å². The number of benzene rings is 2. The van der Waals surface area contributed by atoms with Crippen LogP contribution in [0.5, 0.6) is 11.5 Å². The molecule has 2 fully saturated rings. The van der Waals surface area contributed by atoms with Gasteiger partial charge >= 0.3 is 30.0 Å². The van der Waals surface area contributed by atoms with Gasteiger partial charge in [-0.1, -0.05) is 46.1 Å². The van der Waals surface area contributed by atoms with Crippen LogP contribution in [0.3, 0.4) is 0 Å². The molecule has 4 aliphatic heterocycles. The molecule has 570 valence electrons.